The van der Waals surface area contributed by atoms with E-state index in [0.29, 0.717) is 0 Å². The Kier molecular flexibility index (Phi) is 6.01. The van der Waals surface area contributed by atoms with Crippen molar-refractivity contribution in [2.75, 3.05) is 7.05 Å². The summed E-state index contributed by atoms with van der Waals surface area (Å²) in [6.45, 7) is 0. The summed E-state index contributed by atoms with van der Waals surface area (Å²) >= 11 is 23.9. The van der Waals surface area contributed by atoms with Crippen molar-refractivity contribution in [3.8, 4) is 0 Å². The maximum absolute atomic E-state index is 12.6. The standard InChI is InChI=1S/C14H16Cl4N2O/c1-20(8-6-4-2-3-5-7-8)14(21)12-10(16)9(15)11(17)13(18)19-12/h8H,2-7H2,1H3. The molecule has 0 unspecified atom stereocenters. The Morgan fingerprint density at radius 3 is 2.14 bits per heavy atom. The zero-order chi connectivity index (χ0) is 15.6. The van der Waals surface area contributed by atoms with E-state index in [0.717, 1.165) is 25.7 Å². The lowest BCUT2D eigenvalue weighted by molar-refractivity contribution is 0.0712. The van der Waals surface area contributed by atoms with Crippen molar-refractivity contribution in [2.45, 2.75) is 44.6 Å². The minimum Gasteiger partial charge on any atom is -0.337 e. The maximum atomic E-state index is 12.6. The van der Waals surface area contributed by atoms with Gasteiger partial charge in [0.15, 0.2) is 0 Å². The first kappa shape index (κ1) is 17.1. The summed E-state index contributed by atoms with van der Waals surface area (Å²) in [5.74, 6) is -0.271. The van der Waals surface area contributed by atoms with Crippen molar-refractivity contribution >= 4 is 52.3 Å². The zero-order valence-electron chi connectivity index (χ0n) is 11.6. The Bertz CT molecular complexity index is 542. The van der Waals surface area contributed by atoms with Crippen LogP contribution in [0.2, 0.25) is 20.2 Å². The number of pyridine rings is 1. The Morgan fingerprint density at radius 2 is 1.57 bits per heavy atom. The van der Waals surface area contributed by atoms with E-state index in [1.54, 1.807) is 11.9 Å². The number of aromatic nitrogens is 1. The third-order valence-electron chi connectivity index (χ3n) is 3.88. The van der Waals surface area contributed by atoms with Gasteiger partial charge in [0.05, 0.1) is 15.1 Å². The van der Waals surface area contributed by atoms with E-state index in [1.165, 1.54) is 12.8 Å². The number of hydrogen-bond donors (Lipinski definition) is 0. The van der Waals surface area contributed by atoms with Crippen molar-refractivity contribution in [2.24, 2.45) is 0 Å². The van der Waals surface area contributed by atoms with Crippen LogP contribution in [0.4, 0.5) is 0 Å². The summed E-state index contributed by atoms with van der Waals surface area (Å²) in [6.07, 6.45) is 6.69. The molecule has 1 aromatic heterocycles. The molecule has 1 amide bonds. The fraction of sp³-hybridized carbons (Fsp3) is 0.571. The smallest absolute Gasteiger partial charge is 0.274 e. The number of rotatable bonds is 2. The summed E-state index contributed by atoms with van der Waals surface area (Å²) in [7, 11) is 1.77. The highest BCUT2D eigenvalue weighted by Crippen LogP contribution is 2.36. The van der Waals surface area contributed by atoms with Gasteiger partial charge >= 0.3 is 0 Å². The number of hydrogen-bond acceptors (Lipinski definition) is 2. The van der Waals surface area contributed by atoms with Crippen LogP contribution in [0, 0.1) is 0 Å². The summed E-state index contributed by atoms with van der Waals surface area (Å²) in [4.78, 5) is 18.3. The van der Waals surface area contributed by atoms with Crippen LogP contribution in [0.5, 0.6) is 0 Å². The van der Waals surface area contributed by atoms with Crippen LogP contribution in [0.1, 0.15) is 49.0 Å². The number of carbonyl (C=O) groups excluding carboxylic acids is 1. The minimum absolute atomic E-state index is 0.0105. The number of nitrogens with zero attached hydrogens (tertiary/aromatic N) is 2. The molecule has 7 heteroatoms. The van der Waals surface area contributed by atoms with Gasteiger partial charge in [-0.15, -0.1) is 0 Å². The van der Waals surface area contributed by atoms with Crippen LogP contribution < -0.4 is 0 Å². The Labute approximate surface area is 144 Å². The van der Waals surface area contributed by atoms with Crippen molar-refractivity contribution in [3.05, 3.63) is 25.9 Å². The second-order valence-electron chi connectivity index (χ2n) is 5.25. The van der Waals surface area contributed by atoms with Gasteiger partial charge in [-0.2, -0.15) is 0 Å². The van der Waals surface area contributed by atoms with Crippen molar-refractivity contribution in [3.63, 3.8) is 0 Å². The minimum atomic E-state index is -0.271. The first-order valence-corrected chi connectivity index (χ1v) is 8.41. The Balaban J connectivity index is 2.27. The normalized spacial score (nSPS) is 16.6. The van der Waals surface area contributed by atoms with E-state index in [2.05, 4.69) is 4.98 Å². The molecule has 0 aliphatic heterocycles. The van der Waals surface area contributed by atoms with Gasteiger partial charge in [0.25, 0.3) is 5.91 Å². The van der Waals surface area contributed by atoms with Gasteiger partial charge in [-0.25, -0.2) is 4.98 Å². The van der Waals surface area contributed by atoms with E-state index in [4.69, 9.17) is 46.4 Å². The lowest BCUT2D eigenvalue weighted by Gasteiger charge is -2.27. The zero-order valence-corrected chi connectivity index (χ0v) is 14.7. The molecule has 0 saturated heterocycles. The third-order valence-corrected chi connectivity index (χ3v) is 5.56. The highest BCUT2D eigenvalue weighted by atomic mass is 35.5. The van der Waals surface area contributed by atoms with Gasteiger partial charge in [0.1, 0.15) is 10.8 Å². The number of carbonyl (C=O) groups is 1. The van der Waals surface area contributed by atoms with Gasteiger partial charge in [-0.05, 0) is 12.8 Å². The molecule has 3 nitrogen and oxygen atoms in total. The van der Waals surface area contributed by atoms with E-state index >= 15 is 0 Å². The van der Waals surface area contributed by atoms with Crippen LogP contribution >= 0.6 is 46.4 Å². The van der Waals surface area contributed by atoms with Gasteiger partial charge in [-0.1, -0.05) is 72.1 Å². The van der Waals surface area contributed by atoms with Crippen molar-refractivity contribution < 1.29 is 4.79 Å². The lowest BCUT2D eigenvalue weighted by atomic mass is 10.1. The molecule has 1 aliphatic rings. The topological polar surface area (TPSA) is 33.2 Å². The second-order valence-corrected chi connectivity index (χ2v) is 6.75. The first-order valence-electron chi connectivity index (χ1n) is 6.90. The SMILES string of the molecule is CN(C(=O)c1nc(Cl)c(Cl)c(Cl)c1Cl)C1CCCCCC1. The largest absolute Gasteiger partial charge is 0.337 e. The number of amides is 1. The fourth-order valence-electron chi connectivity index (χ4n) is 2.61. The molecule has 0 radical (unpaired) electrons. The molecule has 2 rings (SSSR count). The van der Waals surface area contributed by atoms with Gasteiger partial charge in [0.2, 0.25) is 0 Å². The van der Waals surface area contributed by atoms with Crippen LogP contribution in [-0.4, -0.2) is 28.9 Å². The predicted molar refractivity (Wildman–Crippen MR) is 87.9 cm³/mol. The van der Waals surface area contributed by atoms with E-state index in [9.17, 15) is 4.79 Å². The van der Waals surface area contributed by atoms with Crippen LogP contribution in [0.15, 0.2) is 0 Å². The van der Waals surface area contributed by atoms with Gasteiger partial charge in [0, 0.05) is 13.1 Å². The number of halogens is 4. The van der Waals surface area contributed by atoms with Crippen LogP contribution in [0.25, 0.3) is 0 Å². The molecular formula is C14H16Cl4N2O. The maximum Gasteiger partial charge on any atom is 0.274 e. The third kappa shape index (κ3) is 3.76. The molecule has 116 valence electrons. The highest BCUT2D eigenvalue weighted by Gasteiger charge is 2.27. The molecular weight excluding hydrogens is 354 g/mol. The highest BCUT2D eigenvalue weighted by molar-refractivity contribution is 6.52. The molecule has 1 fully saturated rings. The molecule has 0 aromatic carbocycles. The average Bonchev–Trinajstić information content (AvgIpc) is 2.76. The Hall–Kier alpha value is -0.220. The molecule has 1 saturated carbocycles. The molecule has 0 spiro atoms. The Morgan fingerprint density at radius 1 is 1.00 bits per heavy atom. The predicted octanol–water partition coefficient (Wildman–Crippen LogP) is 5.49. The van der Waals surface area contributed by atoms with Gasteiger partial charge < -0.3 is 4.90 Å². The van der Waals surface area contributed by atoms with Crippen molar-refractivity contribution in [1.82, 2.24) is 9.88 Å². The molecule has 0 atom stereocenters. The van der Waals surface area contributed by atoms with E-state index < -0.39 is 0 Å². The second kappa shape index (κ2) is 7.36. The van der Waals surface area contributed by atoms with E-state index in [1.807, 2.05) is 0 Å². The summed E-state index contributed by atoms with van der Waals surface area (Å²) in [5, 5.41) is 0.174. The van der Waals surface area contributed by atoms with Crippen LogP contribution in [0.3, 0.4) is 0 Å². The molecule has 0 bridgehead atoms. The summed E-state index contributed by atoms with van der Waals surface area (Å²) in [6, 6.07) is 0.200. The molecule has 1 aliphatic carbocycles. The fourth-order valence-corrected chi connectivity index (χ4v) is 3.42. The summed E-state index contributed by atoms with van der Waals surface area (Å²) < 4.78 is 0. The first-order chi connectivity index (χ1) is 9.93. The quantitative estimate of drug-likeness (QED) is 0.510. The van der Waals surface area contributed by atoms with E-state index in [-0.39, 0.29) is 37.9 Å². The van der Waals surface area contributed by atoms with Gasteiger partial charge in [-0.3, -0.25) is 4.79 Å². The molecule has 21 heavy (non-hydrogen) atoms. The molecule has 0 N–H and O–H groups in total. The molecule has 1 heterocycles. The average molecular weight is 370 g/mol. The monoisotopic (exact) mass is 368 g/mol. The van der Waals surface area contributed by atoms with Crippen LogP contribution in [-0.2, 0) is 0 Å². The van der Waals surface area contributed by atoms with Crippen molar-refractivity contribution in [1.29, 1.82) is 0 Å². The summed E-state index contributed by atoms with van der Waals surface area (Å²) in [5.41, 5.74) is 0.0582. The lowest BCUT2D eigenvalue weighted by Crippen LogP contribution is -2.37. The molecule has 1 aromatic rings.